The average molecular weight is 441 g/mol. The van der Waals surface area contributed by atoms with Crippen molar-refractivity contribution < 1.29 is 24.1 Å². The van der Waals surface area contributed by atoms with Gasteiger partial charge in [-0.2, -0.15) is 5.10 Å². The average Bonchev–Trinajstić information content (AvgIpc) is 3.33. The number of hydrogen-bond acceptors (Lipinski definition) is 6. The predicted octanol–water partition coefficient (Wildman–Crippen LogP) is 4.31. The van der Waals surface area contributed by atoms with Crippen LogP contribution in [-0.4, -0.2) is 39.7 Å². The number of esters is 1. The van der Waals surface area contributed by atoms with Crippen LogP contribution in [0.15, 0.2) is 18.2 Å². The van der Waals surface area contributed by atoms with Gasteiger partial charge >= 0.3 is 5.97 Å². The predicted molar refractivity (Wildman–Crippen MR) is 110 cm³/mol. The van der Waals surface area contributed by atoms with Crippen molar-refractivity contribution in [3.8, 4) is 17.4 Å². The summed E-state index contributed by atoms with van der Waals surface area (Å²) in [6, 6.07) is 2.98. The van der Waals surface area contributed by atoms with E-state index >= 15 is 0 Å². The fourth-order valence-electron chi connectivity index (χ4n) is 2.69. The van der Waals surface area contributed by atoms with E-state index in [9.17, 15) is 9.90 Å². The minimum atomic E-state index is -0.858. The van der Waals surface area contributed by atoms with E-state index in [2.05, 4.69) is 9.84 Å². The molecule has 1 fully saturated rings. The largest absolute Gasteiger partial charge is 0.477 e. The molecule has 29 heavy (non-hydrogen) atoms. The molecule has 1 heterocycles. The van der Waals surface area contributed by atoms with Gasteiger partial charge in [0, 0.05) is 13.1 Å². The van der Waals surface area contributed by atoms with Crippen LogP contribution < -0.4 is 9.47 Å². The number of rotatable bonds is 7. The summed E-state index contributed by atoms with van der Waals surface area (Å²) in [6.45, 7) is 3.40. The fourth-order valence-corrected chi connectivity index (χ4v) is 3.15. The number of carbonyl (C=O) groups excluding carboxylic acids is 1. The quantitative estimate of drug-likeness (QED) is 0.645. The van der Waals surface area contributed by atoms with Gasteiger partial charge in [0.25, 0.3) is 0 Å². The second-order valence-electron chi connectivity index (χ2n) is 6.96. The van der Waals surface area contributed by atoms with E-state index in [1.807, 2.05) is 6.92 Å². The number of aromatic nitrogens is 2. The maximum atomic E-state index is 11.6. The molecule has 1 aliphatic rings. The van der Waals surface area contributed by atoms with Crippen molar-refractivity contribution in [1.29, 1.82) is 0 Å². The first-order chi connectivity index (χ1) is 13.6. The first kappa shape index (κ1) is 21.5. The standard InChI is InChI=1S/C20H22Cl2N2O5/c1-11-13(5-6-20(26)7-8-20)18(24(3)23-11)29-17-10-16(14(21)9-15(17)22)28-12(2)19(25)27-4/h5-6,9-10,12,26H,7-8H2,1-4H3/t12-/m0/s1. The Morgan fingerprint density at radius 3 is 2.59 bits per heavy atom. The molecule has 1 aromatic heterocycles. The number of nitrogens with zero attached hydrogens (tertiary/aromatic N) is 2. The van der Waals surface area contributed by atoms with Gasteiger partial charge in [0.1, 0.15) is 5.75 Å². The molecule has 0 radical (unpaired) electrons. The molecule has 2 aromatic rings. The zero-order chi connectivity index (χ0) is 21.3. The summed E-state index contributed by atoms with van der Waals surface area (Å²) in [5.74, 6) is 0.420. The first-order valence-corrected chi connectivity index (χ1v) is 9.76. The Bertz CT molecular complexity index is 966. The molecule has 0 spiro atoms. The normalized spacial score (nSPS) is 16.0. The van der Waals surface area contributed by atoms with Crippen LogP contribution in [0.1, 0.15) is 31.0 Å². The Morgan fingerprint density at radius 2 is 1.97 bits per heavy atom. The third-order valence-electron chi connectivity index (χ3n) is 4.57. The Labute approximate surface area is 178 Å². The van der Waals surface area contributed by atoms with Crippen LogP contribution in [0.4, 0.5) is 0 Å². The Hall–Kier alpha value is -2.22. The lowest BCUT2D eigenvalue weighted by Gasteiger charge is -2.16. The second-order valence-corrected chi connectivity index (χ2v) is 7.78. The van der Waals surface area contributed by atoms with Gasteiger partial charge in [0.2, 0.25) is 5.88 Å². The van der Waals surface area contributed by atoms with Gasteiger partial charge in [-0.25, -0.2) is 9.48 Å². The van der Waals surface area contributed by atoms with E-state index in [1.54, 1.807) is 30.8 Å². The summed E-state index contributed by atoms with van der Waals surface area (Å²) in [6.07, 6.45) is 4.16. The van der Waals surface area contributed by atoms with E-state index < -0.39 is 17.7 Å². The highest BCUT2D eigenvalue weighted by molar-refractivity contribution is 6.36. The minimum Gasteiger partial charge on any atom is -0.477 e. The first-order valence-electron chi connectivity index (χ1n) is 9.00. The number of ether oxygens (including phenoxy) is 3. The van der Waals surface area contributed by atoms with Gasteiger partial charge in [-0.3, -0.25) is 0 Å². The molecule has 0 bridgehead atoms. The molecule has 0 saturated heterocycles. The molecular weight excluding hydrogens is 419 g/mol. The van der Waals surface area contributed by atoms with E-state index in [-0.39, 0.29) is 21.5 Å². The lowest BCUT2D eigenvalue weighted by atomic mass is 10.2. The van der Waals surface area contributed by atoms with Crippen molar-refractivity contribution in [1.82, 2.24) is 9.78 Å². The molecule has 1 N–H and O–H groups in total. The van der Waals surface area contributed by atoms with Crippen molar-refractivity contribution in [3.05, 3.63) is 39.5 Å². The van der Waals surface area contributed by atoms with Gasteiger partial charge in [-0.1, -0.05) is 29.3 Å². The van der Waals surface area contributed by atoms with Crippen molar-refractivity contribution in [2.75, 3.05) is 7.11 Å². The van der Waals surface area contributed by atoms with Gasteiger partial charge < -0.3 is 19.3 Å². The molecular formula is C20H22Cl2N2O5. The van der Waals surface area contributed by atoms with Crippen LogP contribution in [0.2, 0.25) is 10.0 Å². The Kier molecular flexibility index (Phi) is 6.12. The lowest BCUT2D eigenvalue weighted by molar-refractivity contribution is -0.147. The number of benzene rings is 1. The summed E-state index contributed by atoms with van der Waals surface area (Å²) in [5, 5.41) is 15.0. The van der Waals surface area contributed by atoms with Crippen LogP contribution in [0, 0.1) is 6.92 Å². The van der Waals surface area contributed by atoms with Crippen LogP contribution in [0.5, 0.6) is 17.4 Å². The lowest BCUT2D eigenvalue weighted by Crippen LogP contribution is -2.25. The maximum absolute atomic E-state index is 11.6. The summed E-state index contributed by atoms with van der Waals surface area (Å²) in [7, 11) is 3.02. The van der Waals surface area contributed by atoms with E-state index in [0.717, 1.165) is 24.1 Å². The highest BCUT2D eigenvalue weighted by Gasteiger charge is 2.37. The molecule has 3 rings (SSSR count). The number of aryl methyl sites for hydroxylation is 2. The van der Waals surface area contributed by atoms with Crippen LogP contribution >= 0.6 is 23.2 Å². The number of halogens is 2. The zero-order valence-corrected chi connectivity index (χ0v) is 18.0. The third kappa shape index (κ3) is 4.86. The molecule has 156 valence electrons. The minimum absolute atomic E-state index is 0.229. The highest BCUT2D eigenvalue weighted by Crippen LogP contribution is 2.41. The zero-order valence-electron chi connectivity index (χ0n) is 16.5. The number of aliphatic hydroxyl groups is 1. The summed E-state index contributed by atoms with van der Waals surface area (Å²) < 4.78 is 17.8. The number of methoxy groups -OCH3 is 1. The Balaban J connectivity index is 1.91. The van der Waals surface area contributed by atoms with Crippen LogP contribution in [0.25, 0.3) is 6.08 Å². The van der Waals surface area contributed by atoms with Gasteiger partial charge in [0.05, 0.1) is 34.0 Å². The molecule has 0 aliphatic heterocycles. The summed E-state index contributed by atoms with van der Waals surface area (Å²) in [4.78, 5) is 11.6. The molecule has 1 aromatic carbocycles. The monoisotopic (exact) mass is 440 g/mol. The van der Waals surface area contributed by atoms with Crippen molar-refractivity contribution in [2.24, 2.45) is 7.05 Å². The fraction of sp³-hybridized carbons (Fsp3) is 0.400. The number of hydrogen-bond donors (Lipinski definition) is 1. The van der Waals surface area contributed by atoms with Gasteiger partial charge in [-0.05, 0) is 38.8 Å². The summed E-state index contributed by atoms with van der Waals surface area (Å²) >= 11 is 12.5. The van der Waals surface area contributed by atoms with Gasteiger partial charge in [0.15, 0.2) is 11.9 Å². The highest BCUT2D eigenvalue weighted by atomic mass is 35.5. The van der Waals surface area contributed by atoms with E-state index in [4.69, 9.17) is 32.7 Å². The molecule has 9 heteroatoms. The SMILES string of the molecule is COC(=O)[C@H](C)Oc1cc(Oc2c(C=CC3(O)CC3)c(C)nn2C)c(Cl)cc1Cl. The van der Waals surface area contributed by atoms with Crippen LogP contribution in [0.3, 0.4) is 0 Å². The molecule has 0 amide bonds. The number of carbonyl (C=O) groups is 1. The van der Waals surface area contributed by atoms with Crippen LogP contribution in [-0.2, 0) is 16.6 Å². The van der Waals surface area contributed by atoms with Gasteiger partial charge in [-0.15, -0.1) is 0 Å². The van der Waals surface area contributed by atoms with Crippen molar-refractivity contribution in [2.45, 2.75) is 38.4 Å². The molecule has 0 unspecified atom stereocenters. The maximum Gasteiger partial charge on any atom is 0.346 e. The molecule has 7 nitrogen and oxygen atoms in total. The molecule has 1 aliphatic carbocycles. The molecule has 1 atom stereocenters. The topological polar surface area (TPSA) is 82.8 Å². The van der Waals surface area contributed by atoms with Crippen molar-refractivity contribution >= 4 is 35.2 Å². The van der Waals surface area contributed by atoms with Crippen molar-refractivity contribution in [3.63, 3.8) is 0 Å². The molecule has 1 saturated carbocycles. The van der Waals surface area contributed by atoms with E-state index in [1.165, 1.54) is 19.2 Å². The van der Waals surface area contributed by atoms with E-state index in [0.29, 0.717) is 5.88 Å². The smallest absolute Gasteiger partial charge is 0.346 e. The summed E-state index contributed by atoms with van der Waals surface area (Å²) in [5.41, 5.74) is 0.718. The third-order valence-corrected chi connectivity index (χ3v) is 5.16. The second kappa shape index (κ2) is 8.26. The Morgan fingerprint density at radius 1 is 1.31 bits per heavy atom.